The van der Waals surface area contributed by atoms with E-state index in [1.165, 1.54) is 37.1 Å². The third-order valence-electron chi connectivity index (χ3n) is 4.82. The molecule has 0 unspecified atom stereocenters. The fourth-order valence-corrected chi connectivity index (χ4v) is 4.47. The molecule has 156 valence electrons. The first-order valence-electron chi connectivity index (χ1n) is 9.73. The van der Waals surface area contributed by atoms with Gasteiger partial charge >= 0.3 is 0 Å². The van der Waals surface area contributed by atoms with Crippen LogP contribution in [0.1, 0.15) is 38.5 Å². The summed E-state index contributed by atoms with van der Waals surface area (Å²) < 4.78 is 32.9. The zero-order valence-electron chi connectivity index (χ0n) is 16.1. The smallest absolute Gasteiger partial charge is 0.261 e. The first kappa shape index (κ1) is 21.5. The van der Waals surface area contributed by atoms with Crippen molar-refractivity contribution in [3.05, 3.63) is 53.6 Å². The standard InChI is InChI=1S/C21H25ClN2O4S/c22-16-7-9-18(10-8-16)24-29(26,27)20-13-11-19(12-14-20)28-15-21(25)23-17-5-3-1-2-4-6-17/h7-14,17,24H,1-6,15H2,(H,23,25). The predicted molar refractivity (Wildman–Crippen MR) is 114 cm³/mol. The molecule has 0 heterocycles. The molecule has 1 aliphatic carbocycles. The van der Waals surface area contributed by atoms with Gasteiger partial charge in [0.25, 0.3) is 15.9 Å². The molecule has 1 fully saturated rings. The van der Waals surface area contributed by atoms with Crippen molar-refractivity contribution in [2.75, 3.05) is 11.3 Å². The summed E-state index contributed by atoms with van der Waals surface area (Å²) in [6, 6.07) is 12.6. The van der Waals surface area contributed by atoms with Crippen molar-refractivity contribution in [1.82, 2.24) is 5.32 Å². The van der Waals surface area contributed by atoms with Crippen LogP contribution in [0.5, 0.6) is 5.75 Å². The summed E-state index contributed by atoms with van der Waals surface area (Å²) in [5.41, 5.74) is 0.421. The topological polar surface area (TPSA) is 84.5 Å². The molecule has 0 bridgehead atoms. The Bertz CT molecular complexity index is 907. The van der Waals surface area contributed by atoms with Gasteiger partial charge in [0.15, 0.2) is 6.61 Å². The van der Waals surface area contributed by atoms with Gasteiger partial charge < -0.3 is 10.1 Å². The lowest BCUT2D eigenvalue weighted by atomic mass is 10.1. The Labute approximate surface area is 176 Å². The van der Waals surface area contributed by atoms with Crippen molar-refractivity contribution >= 4 is 33.2 Å². The number of carbonyl (C=O) groups excluding carboxylic acids is 1. The van der Waals surface area contributed by atoms with Crippen molar-refractivity contribution in [3.8, 4) is 5.75 Å². The average Bonchev–Trinajstić information content (AvgIpc) is 2.97. The fraction of sp³-hybridized carbons (Fsp3) is 0.381. The van der Waals surface area contributed by atoms with Gasteiger partial charge in [-0.1, -0.05) is 37.3 Å². The molecule has 2 aromatic rings. The number of ether oxygens (including phenoxy) is 1. The van der Waals surface area contributed by atoms with Crippen LogP contribution in [0.4, 0.5) is 5.69 Å². The Hall–Kier alpha value is -2.25. The van der Waals surface area contributed by atoms with Crippen LogP contribution in [-0.4, -0.2) is 27.0 Å². The molecule has 29 heavy (non-hydrogen) atoms. The second-order valence-corrected chi connectivity index (χ2v) is 9.25. The molecular weight excluding hydrogens is 412 g/mol. The van der Waals surface area contributed by atoms with Crippen LogP contribution in [0.3, 0.4) is 0 Å². The molecule has 1 aliphatic rings. The first-order valence-corrected chi connectivity index (χ1v) is 11.6. The van der Waals surface area contributed by atoms with Gasteiger partial charge in [0, 0.05) is 16.8 Å². The minimum atomic E-state index is -3.72. The van der Waals surface area contributed by atoms with Crippen LogP contribution in [0.2, 0.25) is 5.02 Å². The van der Waals surface area contributed by atoms with E-state index in [-0.39, 0.29) is 23.5 Å². The zero-order chi connectivity index (χ0) is 20.7. The highest BCUT2D eigenvalue weighted by Gasteiger charge is 2.16. The molecule has 0 aliphatic heterocycles. The molecule has 3 rings (SSSR count). The van der Waals surface area contributed by atoms with Gasteiger partial charge in [-0.25, -0.2) is 8.42 Å². The average molecular weight is 437 g/mol. The summed E-state index contributed by atoms with van der Waals surface area (Å²) in [6.45, 7) is -0.0916. The van der Waals surface area contributed by atoms with Gasteiger partial charge in [-0.2, -0.15) is 0 Å². The Morgan fingerprint density at radius 2 is 1.59 bits per heavy atom. The van der Waals surface area contributed by atoms with Crippen molar-refractivity contribution < 1.29 is 17.9 Å². The number of rotatable bonds is 7. The van der Waals surface area contributed by atoms with Crippen molar-refractivity contribution in [2.45, 2.75) is 49.5 Å². The molecule has 1 amide bonds. The molecule has 0 spiro atoms. The quantitative estimate of drug-likeness (QED) is 0.631. The SMILES string of the molecule is O=C(COc1ccc(S(=O)(=O)Nc2ccc(Cl)cc2)cc1)NC1CCCCCC1. The number of sulfonamides is 1. The number of amides is 1. The maximum Gasteiger partial charge on any atom is 0.261 e. The second kappa shape index (κ2) is 9.98. The van der Waals surface area contributed by atoms with Crippen molar-refractivity contribution in [3.63, 3.8) is 0 Å². The maximum atomic E-state index is 12.5. The number of benzene rings is 2. The number of halogens is 1. The van der Waals surface area contributed by atoms with Gasteiger partial charge in [0.1, 0.15) is 5.75 Å². The third-order valence-corrected chi connectivity index (χ3v) is 6.47. The summed E-state index contributed by atoms with van der Waals surface area (Å²) in [4.78, 5) is 12.2. The first-order chi connectivity index (χ1) is 13.9. The minimum absolute atomic E-state index is 0.0916. The van der Waals surface area contributed by atoms with E-state index in [2.05, 4.69) is 10.0 Å². The van der Waals surface area contributed by atoms with E-state index in [1.54, 1.807) is 24.3 Å². The molecule has 0 saturated heterocycles. The van der Waals surface area contributed by atoms with E-state index in [9.17, 15) is 13.2 Å². The molecular formula is C21H25ClN2O4S. The van der Waals surface area contributed by atoms with Gasteiger partial charge in [-0.3, -0.25) is 9.52 Å². The Kier molecular flexibility index (Phi) is 7.39. The maximum absolute atomic E-state index is 12.5. The Morgan fingerprint density at radius 1 is 0.966 bits per heavy atom. The lowest BCUT2D eigenvalue weighted by Gasteiger charge is -2.16. The number of hydrogen-bond acceptors (Lipinski definition) is 4. The van der Waals surface area contributed by atoms with E-state index in [0.717, 1.165) is 25.7 Å². The highest BCUT2D eigenvalue weighted by atomic mass is 35.5. The van der Waals surface area contributed by atoms with Crippen LogP contribution >= 0.6 is 11.6 Å². The molecule has 1 saturated carbocycles. The van der Waals surface area contributed by atoms with Crippen LogP contribution in [0.25, 0.3) is 0 Å². The molecule has 0 atom stereocenters. The van der Waals surface area contributed by atoms with Crippen molar-refractivity contribution in [1.29, 1.82) is 0 Å². The predicted octanol–water partition coefficient (Wildman–Crippen LogP) is 4.36. The highest BCUT2D eigenvalue weighted by Crippen LogP contribution is 2.21. The zero-order valence-corrected chi connectivity index (χ0v) is 17.6. The van der Waals surface area contributed by atoms with E-state index < -0.39 is 10.0 Å². The molecule has 0 radical (unpaired) electrons. The second-order valence-electron chi connectivity index (χ2n) is 7.13. The lowest BCUT2D eigenvalue weighted by molar-refractivity contribution is -0.123. The number of anilines is 1. The minimum Gasteiger partial charge on any atom is -0.484 e. The van der Waals surface area contributed by atoms with Gasteiger partial charge in [0.2, 0.25) is 0 Å². The van der Waals surface area contributed by atoms with E-state index in [0.29, 0.717) is 16.5 Å². The third kappa shape index (κ3) is 6.65. The molecule has 6 nitrogen and oxygen atoms in total. The van der Waals surface area contributed by atoms with E-state index >= 15 is 0 Å². The number of carbonyl (C=O) groups is 1. The monoisotopic (exact) mass is 436 g/mol. The van der Waals surface area contributed by atoms with Crippen LogP contribution < -0.4 is 14.8 Å². The molecule has 0 aromatic heterocycles. The van der Waals surface area contributed by atoms with Gasteiger partial charge in [-0.05, 0) is 61.4 Å². The van der Waals surface area contributed by atoms with Crippen LogP contribution in [-0.2, 0) is 14.8 Å². The largest absolute Gasteiger partial charge is 0.484 e. The van der Waals surface area contributed by atoms with Gasteiger partial charge in [0.05, 0.1) is 4.90 Å². The fourth-order valence-electron chi connectivity index (χ4n) is 3.29. The van der Waals surface area contributed by atoms with Gasteiger partial charge in [-0.15, -0.1) is 0 Å². The normalized spacial score (nSPS) is 15.3. The Balaban J connectivity index is 1.52. The summed E-state index contributed by atoms with van der Waals surface area (Å²) in [5, 5.41) is 3.54. The number of hydrogen-bond donors (Lipinski definition) is 2. The molecule has 2 N–H and O–H groups in total. The summed E-state index contributed by atoms with van der Waals surface area (Å²) in [6.07, 6.45) is 6.77. The number of nitrogens with one attached hydrogen (secondary N) is 2. The van der Waals surface area contributed by atoms with E-state index in [1.807, 2.05) is 0 Å². The highest BCUT2D eigenvalue weighted by molar-refractivity contribution is 7.92. The van der Waals surface area contributed by atoms with E-state index in [4.69, 9.17) is 16.3 Å². The lowest BCUT2D eigenvalue weighted by Crippen LogP contribution is -2.37. The van der Waals surface area contributed by atoms with Crippen molar-refractivity contribution in [2.24, 2.45) is 0 Å². The summed E-state index contributed by atoms with van der Waals surface area (Å²) >= 11 is 5.81. The molecule has 2 aromatic carbocycles. The van der Waals surface area contributed by atoms with Crippen LogP contribution in [0.15, 0.2) is 53.4 Å². The summed E-state index contributed by atoms with van der Waals surface area (Å²) in [5.74, 6) is 0.282. The molecule has 8 heteroatoms. The van der Waals surface area contributed by atoms with Crippen LogP contribution in [0, 0.1) is 0 Å². The Morgan fingerprint density at radius 3 is 2.21 bits per heavy atom. The summed E-state index contributed by atoms with van der Waals surface area (Å²) in [7, 11) is -3.72.